The van der Waals surface area contributed by atoms with E-state index in [9.17, 15) is 4.79 Å². The van der Waals surface area contributed by atoms with Gasteiger partial charge in [0.2, 0.25) is 0 Å². The zero-order valence-electron chi connectivity index (χ0n) is 6.27. The average Bonchev–Trinajstić information content (AvgIpc) is 1.63. The van der Waals surface area contributed by atoms with Gasteiger partial charge in [0.1, 0.15) is 5.78 Å². The molecule has 9 heavy (non-hydrogen) atoms. The van der Waals surface area contributed by atoms with Crippen LogP contribution < -0.4 is 0 Å². The Morgan fingerprint density at radius 3 is 2.11 bits per heavy atom. The van der Waals surface area contributed by atoms with E-state index in [4.69, 9.17) is 0 Å². The summed E-state index contributed by atoms with van der Waals surface area (Å²) in [7, 11) is 0. The fraction of sp³-hybridized carbons (Fsp3) is 0.857. The van der Waals surface area contributed by atoms with Gasteiger partial charge < -0.3 is 4.79 Å². The van der Waals surface area contributed by atoms with Gasteiger partial charge in [-0.1, -0.05) is 13.8 Å². The summed E-state index contributed by atoms with van der Waals surface area (Å²) < 4.78 is 0. The molecule has 0 amide bonds. The molecule has 0 spiro atoms. The van der Waals surface area contributed by atoms with Crippen molar-refractivity contribution < 1.29 is 4.79 Å². The first kappa shape index (κ1) is 9.02. The monoisotopic (exact) mass is 146 g/mol. The fourth-order valence-corrected chi connectivity index (χ4v) is 0.842. The quantitative estimate of drug-likeness (QED) is 0.602. The molecule has 0 aromatic heterocycles. The van der Waals surface area contributed by atoms with Gasteiger partial charge in [0.25, 0.3) is 0 Å². The van der Waals surface area contributed by atoms with Crippen LogP contribution in [-0.2, 0) is 4.79 Å². The molecule has 0 aliphatic heterocycles. The van der Waals surface area contributed by atoms with Crippen LogP contribution in [0, 0.1) is 5.41 Å². The Labute approximate surface area is 62.2 Å². The zero-order valence-corrected chi connectivity index (χ0v) is 7.16. The third-order valence-electron chi connectivity index (χ3n) is 1.16. The molecule has 0 aromatic carbocycles. The standard InChI is InChI=1S/C7H14OS/c1-6(8)4-7(2,3)5-9/h9H,4-5H2,1-3H3. The molecule has 0 saturated carbocycles. The normalized spacial score (nSPS) is 11.6. The molecule has 0 atom stereocenters. The number of rotatable bonds is 3. The van der Waals surface area contributed by atoms with E-state index in [0.29, 0.717) is 6.42 Å². The predicted molar refractivity (Wildman–Crippen MR) is 42.9 cm³/mol. The third-order valence-corrected chi connectivity index (χ3v) is 2.01. The molecular weight excluding hydrogens is 132 g/mol. The second-order valence-electron chi connectivity index (χ2n) is 3.20. The van der Waals surface area contributed by atoms with Crippen molar-refractivity contribution in [1.82, 2.24) is 0 Å². The van der Waals surface area contributed by atoms with Crippen molar-refractivity contribution in [2.24, 2.45) is 5.41 Å². The highest BCUT2D eigenvalue weighted by atomic mass is 32.1. The first-order chi connectivity index (χ1) is 3.98. The van der Waals surface area contributed by atoms with E-state index in [1.165, 1.54) is 0 Å². The van der Waals surface area contributed by atoms with Crippen LogP contribution in [0.15, 0.2) is 0 Å². The minimum Gasteiger partial charge on any atom is -0.300 e. The second-order valence-corrected chi connectivity index (χ2v) is 3.52. The van der Waals surface area contributed by atoms with Gasteiger partial charge in [-0.25, -0.2) is 0 Å². The highest BCUT2D eigenvalue weighted by Crippen LogP contribution is 2.21. The predicted octanol–water partition coefficient (Wildman–Crippen LogP) is 1.92. The lowest BCUT2D eigenvalue weighted by molar-refractivity contribution is -0.118. The molecule has 0 N–H and O–H groups in total. The van der Waals surface area contributed by atoms with Crippen LogP contribution in [-0.4, -0.2) is 11.5 Å². The Morgan fingerprint density at radius 1 is 1.56 bits per heavy atom. The van der Waals surface area contributed by atoms with E-state index in [1.807, 2.05) is 13.8 Å². The number of thiol groups is 1. The first-order valence-corrected chi connectivity index (χ1v) is 3.71. The topological polar surface area (TPSA) is 17.1 Å². The van der Waals surface area contributed by atoms with Crippen LogP contribution in [0.5, 0.6) is 0 Å². The lowest BCUT2D eigenvalue weighted by atomic mass is 9.90. The summed E-state index contributed by atoms with van der Waals surface area (Å²) in [6.07, 6.45) is 0.635. The molecule has 54 valence electrons. The summed E-state index contributed by atoms with van der Waals surface area (Å²) in [5.41, 5.74) is 0.0783. The Balaban J connectivity index is 3.71. The van der Waals surface area contributed by atoms with Gasteiger partial charge >= 0.3 is 0 Å². The SMILES string of the molecule is CC(=O)CC(C)(C)CS. The van der Waals surface area contributed by atoms with Gasteiger partial charge in [0.05, 0.1) is 0 Å². The van der Waals surface area contributed by atoms with Crippen LogP contribution in [0.3, 0.4) is 0 Å². The minimum atomic E-state index is 0.0783. The molecule has 2 heteroatoms. The molecule has 0 aliphatic rings. The molecule has 0 fully saturated rings. The first-order valence-electron chi connectivity index (χ1n) is 3.08. The van der Waals surface area contributed by atoms with Gasteiger partial charge in [0, 0.05) is 6.42 Å². The van der Waals surface area contributed by atoms with E-state index < -0.39 is 0 Å². The highest BCUT2D eigenvalue weighted by molar-refractivity contribution is 7.80. The maximum absolute atomic E-state index is 10.6. The van der Waals surface area contributed by atoms with Crippen LogP contribution >= 0.6 is 12.6 Å². The van der Waals surface area contributed by atoms with Crippen molar-refractivity contribution in [1.29, 1.82) is 0 Å². The number of hydrogen-bond acceptors (Lipinski definition) is 2. The zero-order chi connectivity index (χ0) is 7.49. The molecule has 0 radical (unpaired) electrons. The maximum Gasteiger partial charge on any atom is 0.130 e. The molecule has 1 nitrogen and oxygen atoms in total. The lowest BCUT2D eigenvalue weighted by Crippen LogP contribution is -2.16. The lowest BCUT2D eigenvalue weighted by Gasteiger charge is -2.19. The van der Waals surface area contributed by atoms with E-state index in [1.54, 1.807) is 6.92 Å². The summed E-state index contributed by atoms with van der Waals surface area (Å²) in [5, 5.41) is 0. The van der Waals surface area contributed by atoms with E-state index in [-0.39, 0.29) is 11.2 Å². The summed E-state index contributed by atoms with van der Waals surface area (Å²) in [6.45, 7) is 5.70. The van der Waals surface area contributed by atoms with Crippen LogP contribution in [0.25, 0.3) is 0 Å². The van der Waals surface area contributed by atoms with Gasteiger partial charge in [-0.05, 0) is 18.1 Å². The van der Waals surface area contributed by atoms with Crippen molar-refractivity contribution in [2.75, 3.05) is 5.75 Å². The Hall–Kier alpha value is 0.0200. The van der Waals surface area contributed by atoms with Crippen LogP contribution in [0.2, 0.25) is 0 Å². The fourth-order valence-electron chi connectivity index (χ4n) is 0.730. The van der Waals surface area contributed by atoms with E-state index in [2.05, 4.69) is 12.6 Å². The van der Waals surface area contributed by atoms with Gasteiger partial charge in [0.15, 0.2) is 0 Å². The van der Waals surface area contributed by atoms with Crippen LogP contribution in [0.1, 0.15) is 27.2 Å². The largest absolute Gasteiger partial charge is 0.300 e. The van der Waals surface area contributed by atoms with Crippen LogP contribution in [0.4, 0.5) is 0 Å². The Bertz CT molecular complexity index is 107. The average molecular weight is 146 g/mol. The number of ketones is 1. The molecule has 0 bridgehead atoms. The molecular formula is C7H14OS. The van der Waals surface area contributed by atoms with E-state index >= 15 is 0 Å². The summed E-state index contributed by atoms with van der Waals surface area (Å²) >= 11 is 4.12. The molecule has 0 heterocycles. The summed E-state index contributed by atoms with van der Waals surface area (Å²) in [4.78, 5) is 10.6. The van der Waals surface area contributed by atoms with Crippen molar-refractivity contribution in [3.63, 3.8) is 0 Å². The van der Waals surface area contributed by atoms with Crippen molar-refractivity contribution in [3.8, 4) is 0 Å². The van der Waals surface area contributed by atoms with Gasteiger partial charge in [-0.3, -0.25) is 0 Å². The Morgan fingerprint density at radius 2 is 2.00 bits per heavy atom. The molecule has 0 saturated heterocycles. The number of hydrogen-bond donors (Lipinski definition) is 1. The summed E-state index contributed by atoms with van der Waals surface area (Å²) in [6, 6.07) is 0. The molecule has 0 rings (SSSR count). The number of carbonyl (C=O) groups excluding carboxylic acids is 1. The highest BCUT2D eigenvalue weighted by Gasteiger charge is 2.17. The van der Waals surface area contributed by atoms with E-state index in [0.717, 1.165) is 5.75 Å². The molecule has 0 aromatic rings. The van der Waals surface area contributed by atoms with Crippen molar-refractivity contribution >= 4 is 18.4 Å². The third kappa shape index (κ3) is 4.52. The second kappa shape index (κ2) is 3.25. The van der Waals surface area contributed by atoms with Crippen molar-refractivity contribution in [2.45, 2.75) is 27.2 Å². The number of carbonyl (C=O) groups is 1. The smallest absolute Gasteiger partial charge is 0.130 e. The van der Waals surface area contributed by atoms with Gasteiger partial charge in [-0.2, -0.15) is 12.6 Å². The maximum atomic E-state index is 10.6. The molecule has 0 unspecified atom stereocenters. The van der Waals surface area contributed by atoms with Crippen molar-refractivity contribution in [3.05, 3.63) is 0 Å². The molecule has 0 aliphatic carbocycles. The minimum absolute atomic E-state index is 0.0783. The summed E-state index contributed by atoms with van der Waals surface area (Å²) in [5.74, 6) is 1.01. The Kier molecular flexibility index (Phi) is 3.26. The number of Topliss-reactive ketones (excluding diaryl/α,β-unsaturated/α-hetero) is 1. The van der Waals surface area contributed by atoms with Gasteiger partial charge in [-0.15, -0.1) is 0 Å².